The van der Waals surface area contributed by atoms with E-state index < -0.39 is 0 Å². The Labute approximate surface area is 96.0 Å². The summed E-state index contributed by atoms with van der Waals surface area (Å²) in [6, 6.07) is 1.12. The molecule has 1 aromatic heterocycles. The first kappa shape index (κ1) is 11.4. The van der Waals surface area contributed by atoms with Gasteiger partial charge in [-0.25, -0.2) is 0 Å². The second-order valence-electron chi connectivity index (χ2n) is 5.11. The quantitative estimate of drug-likeness (QED) is 0.800. The molecule has 1 aromatic rings. The Morgan fingerprint density at radius 3 is 2.75 bits per heavy atom. The van der Waals surface area contributed by atoms with Gasteiger partial charge in [-0.3, -0.25) is 0 Å². The first-order valence-electron chi connectivity index (χ1n) is 5.86. The molecule has 0 amide bonds. The van der Waals surface area contributed by atoms with E-state index in [1.807, 2.05) is 6.92 Å². The van der Waals surface area contributed by atoms with Crippen molar-refractivity contribution >= 4 is 6.01 Å². The van der Waals surface area contributed by atoms with Gasteiger partial charge in [0.05, 0.1) is 6.04 Å². The van der Waals surface area contributed by atoms with E-state index in [0.29, 0.717) is 23.4 Å². The van der Waals surface area contributed by atoms with Gasteiger partial charge in [-0.1, -0.05) is 25.9 Å². The molecule has 2 atom stereocenters. The summed E-state index contributed by atoms with van der Waals surface area (Å²) in [5.74, 6) is 0.641. The predicted octanol–water partition coefficient (Wildman–Crippen LogP) is 1.95. The molecule has 1 aliphatic rings. The van der Waals surface area contributed by atoms with E-state index in [-0.39, 0.29) is 6.04 Å². The Morgan fingerprint density at radius 2 is 2.19 bits per heavy atom. The smallest absolute Gasteiger partial charge is 0.315 e. The van der Waals surface area contributed by atoms with Gasteiger partial charge in [0.25, 0.3) is 0 Å². The minimum atomic E-state index is 0.111. The maximum absolute atomic E-state index is 5.55. The van der Waals surface area contributed by atoms with Crippen molar-refractivity contribution in [2.24, 2.45) is 5.41 Å². The first-order chi connectivity index (χ1) is 7.53. The third-order valence-corrected chi connectivity index (χ3v) is 3.13. The predicted molar refractivity (Wildman–Crippen MR) is 62.2 cm³/mol. The van der Waals surface area contributed by atoms with Crippen LogP contribution in [0, 0.1) is 5.41 Å². The highest BCUT2D eigenvalue weighted by Crippen LogP contribution is 2.46. The van der Waals surface area contributed by atoms with Crippen LogP contribution >= 0.6 is 0 Å². The molecule has 5 nitrogen and oxygen atoms in total. The van der Waals surface area contributed by atoms with E-state index >= 15 is 0 Å². The summed E-state index contributed by atoms with van der Waals surface area (Å²) >= 11 is 0. The SMILES string of the molecule is CCNC(C)c1nnc(NC2CC2(C)C)o1. The largest absolute Gasteiger partial charge is 0.406 e. The molecule has 1 heterocycles. The Morgan fingerprint density at radius 1 is 1.50 bits per heavy atom. The van der Waals surface area contributed by atoms with Gasteiger partial charge in [0.15, 0.2) is 0 Å². The summed E-state index contributed by atoms with van der Waals surface area (Å²) in [6.45, 7) is 9.41. The van der Waals surface area contributed by atoms with Crippen LogP contribution in [0.15, 0.2) is 4.42 Å². The normalized spacial score (nSPS) is 24.1. The molecule has 2 unspecified atom stereocenters. The van der Waals surface area contributed by atoms with Crippen molar-refractivity contribution in [2.45, 2.75) is 46.2 Å². The molecule has 0 bridgehead atoms. The highest BCUT2D eigenvalue weighted by Gasteiger charge is 2.46. The summed E-state index contributed by atoms with van der Waals surface area (Å²) in [5.41, 5.74) is 0.363. The molecular formula is C11H20N4O. The van der Waals surface area contributed by atoms with E-state index in [1.165, 1.54) is 0 Å². The first-order valence-corrected chi connectivity index (χ1v) is 5.86. The molecule has 0 radical (unpaired) electrons. The standard InChI is InChI=1S/C11H20N4O/c1-5-12-7(2)9-14-15-10(16-9)13-8-6-11(8,3)4/h7-8,12H,5-6H2,1-4H3,(H,13,15). The fraction of sp³-hybridized carbons (Fsp3) is 0.818. The molecule has 2 rings (SSSR count). The zero-order chi connectivity index (χ0) is 11.8. The third kappa shape index (κ3) is 2.35. The fourth-order valence-electron chi connectivity index (χ4n) is 1.72. The van der Waals surface area contributed by atoms with Crippen LogP contribution in [0.2, 0.25) is 0 Å². The number of anilines is 1. The van der Waals surface area contributed by atoms with Gasteiger partial charge in [0, 0.05) is 6.04 Å². The van der Waals surface area contributed by atoms with E-state index in [1.54, 1.807) is 0 Å². The highest BCUT2D eigenvalue weighted by molar-refractivity contribution is 5.27. The summed E-state index contributed by atoms with van der Waals surface area (Å²) < 4.78 is 5.55. The molecule has 1 aliphatic carbocycles. The summed E-state index contributed by atoms with van der Waals surface area (Å²) in [4.78, 5) is 0. The van der Waals surface area contributed by atoms with Crippen molar-refractivity contribution in [1.82, 2.24) is 15.5 Å². The fourth-order valence-corrected chi connectivity index (χ4v) is 1.72. The Hall–Kier alpha value is -1.10. The highest BCUT2D eigenvalue weighted by atomic mass is 16.4. The van der Waals surface area contributed by atoms with Gasteiger partial charge in [0.2, 0.25) is 5.89 Å². The molecule has 1 saturated carbocycles. The number of aromatic nitrogens is 2. The van der Waals surface area contributed by atoms with Crippen LogP contribution in [0.3, 0.4) is 0 Å². The lowest BCUT2D eigenvalue weighted by molar-refractivity contribution is 0.427. The molecule has 16 heavy (non-hydrogen) atoms. The van der Waals surface area contributed by atoms with E-state index in [9.17, 15) is 0 Å². The monoisotopic (exact) mass is 224 g/mol. The maximum Gasteiger partial charge on any atom is 0.315 e. The van der Waals surface area contributed by atoms with E-state index in [4.69, 9.17) is 4.42 Å². The number of hydrogen-bond acceptors (Lipinski definition) is 5. The molecule has 0 aromatic carbocycles. The lowest BCUT2D eigenvalue weighted by Crippen LogP contribution is -2.17. The van der Waals surface area contributed by atoms with Crippen molar-refractivity contribution in [3.63, 3.8) is 0 Å². The maximum atomic E-state index is 5.55. The van der Waals surface area contributed by atoms with Crippen LogP contribution in [-0.4, -0.2) is 22.8 Å². The van der Waals surface area contributed by atoms with Crippen LogP contribution < -0.4 is 10.6 Å². The van der Waals surface area contributed by atoms with Crippen molar-refractivity contribution in [2.75, 3.05) is 11.9 Å². The average molecular weight is 224 g/mol. The lowest BCUT2D eigenvalue weighted by Gasteiger charge is -2.06. The molecule has 0 spiro atoms. The number of rotatable bonds is 5. The van der Waals surface area contributed by atoms with Crippen molar-refractivity contribution in [1.29, 1.82) is 0 Å². The minimum absolute atomic E-state index is 0.111. The second kappa shape index (κ2) is 4.05. The molecular weight excluding hydrogens is 204 g/mol. The number of hydrogen-bond donors (Lipinski definition) is 2. The van der Waals surface area contributed by atoms with Crippen LogP contribution in [-0.2, 0) is 0 Å². The topological polar surface area (TPSA) is 63.0 Å². The van der Waals surface area contributed by atoms with Crippen molar-refractivity contribution in [3.05, 3.63) is 5.89 Å². The summed E-state index contributed by atoms with van der Waals surface area (Å²) in [7, 11) is 0. The van der Waals surface area contributed by atoms with Gasteiger partial charge >= 0.3 is 6.01 Å². The van der Waals surface area contributed by atoms with Crippen LogP contribution in [0.4, 0.5) is 6.01 Å². The van der Waals surface area contributed by atoms with Gasteiger partial charge in [-0.05, 0) is 25.3 Å². The molecule has 0 saturated heterocycles. The van der Waals surface area contributed by atoms with Gasteiger partial charge in [-0.2, -0.15) is 0 Å². The zero-order valence-electron chi connectivity index (χ0n) is 10.4. The van der Waals surface area contributed by atoms with Gasteiger partial charge < -0.3 is 15.1 Å². The minimum Gasteiger partial charge on any atom is -0.406 e. The zero-order valence-corrected chi connectivity index (χ0v) is 10.4. The van der Waals surface area contributed by atoms with Crippen LogP contribution in [0.5, 0.6) is 0 Å². The van der Waals surface area contributed by atoms with Crippen molar-refractivity contribution in [3.8, 4) is 0 Å². The number of nitrogens with one attached hydrogen (secondary N) is 2. The molecule has 5 heteroatoms. The lowest BCUT2D eigenvalue weighted by atomic mass is 10.2. The van der Waals surface area contributed by atoms with Crippen molar-refractivity contribution < 1.29 is 4.42 Å². The van der Waals surface area contributed by atoms with Gasteiger partial charge in [0.1, 0.15) is 0 Å². The average Bonchev–Trinajstić information content (AvgIpc) is 2.65. The molecule has 1 fully saturated rings. The third-order valence-electron chi connectivity index (χ3n) is 3.13. The number of nitrogens with zero attached hydrogens (tertiary/aromatic N) is 2. The van der Waals surface area contributed by atoms with Crippen LogP contribution in [0.1, 0.15) is 46.0 Å². The second-order valence-corrected chi connectivity index (χ2v) is 5.11. The molecule has 0 aliphatic heterocycles. The molecule has 2 N–H and O–H groups in total. The van der Waals surface area contributed by atoms with E-state index in [0.717, 1.165) is 13.0 Å². The van der Waals surface area contributed by atoms with Gasteiger partial charge in [-0.15, -0.1) is 5.10 Å². The van der Waals surface area contributed by atoms with E-state index in [2.05, 4.69) is 41.6 Å². The Kier molecular flexibility index (Phi) is 2.88. The Balaban J connectivity index is 1.92. The summed E-state index contributed by atoms with van der Waals surface area (Å²) in [5, 5.41) is 14.5. The summed E-state index contributed by atoms with van der Waals surface area (Å²) in [6.07, 6.45) is 1.16. The van der Waals surface area contributed by atoms with Crippen LogP contribution in [0.25, 0.3) is 0 Å². The Bertz CT molecular complexity index is 361. The molecule has 90 valence electrons.